The van der Waals surface area contributed by atoms with E-state index in [-0.39, 0.29) is 31.1 Å². The Bertz CT molecular complexity index is 857. The van der Waals surface area contributed by atoms with E-state index in [1.54, 1.807) is 0 Å². The van der Waals surface area contributed by atoms with Gasteiger partial charge >= 0.3 is 17.9 Å². The molecule has 0 aliphatic heterocycles. The Morgan fingerprint density at radius 1 is 0.333 bits per heavy atom. The molecule has 0 aromatic carbocycles. The molecule has 0 unspecified atom stereocenters. The molecule has 0 aromatic heterocycles. The molecule has 338 valence electrons. The Balaban J connectivity index is 4.09. The molecule has 0 saturated heterocycles. The Morgan fingerprint density at radius 2 is 0.579 bits per heavy atom. The number of unbranched alkanes of at least 4 members (excludes halogenated alkanes) is 33. The SMILES string of the molecule is CCCCCCCCCCCCCCCCCC(=O)O[C@@H](COC(=O)CCCCCCC)COC(=O)CCCCCCCCCCCCCCCCCCC(C)C. The first kappa shape index (κ1) is 55.4. The zero-order chi connectivity index (χ0) is 41.7. The largest absolute Gasteiger partial charge is 0.462 e. The third-order valence-electron chi connectivity index (χ3n) is 11.5. The maximum Gasteiger partial charge on any atom is 0.306 e. The quantitative estimate of drug-likeness (QED) is 0.0346. The van der Waals surface area contributed by atoms with Gasteiger partial charge in [-0.25, -0.2) is 0 Å². The van der Waals surface area contributed by atoms with Gasteiger partial charge in [-0.2, -0.15) is 0 Å². The molecule has 1 atom stereocenters. The maximum absolute atomic E-state index is 12.7. The third kappa shape index (κ3) is 45.3. The summed E-state index contributed by atoms with van der Waals surface area (Å²) in [5, 5.41) is 0. The summed E-state index contributed by atoms with van der Waals surface area (Å²) in [6, 6.07) is 0. The lowest BCUT2D eigenvalue weighted by atomic mass is 10.0. The number of hydrogen-bond acceptors (Lipinski definition) is 6. The second-order valence-corrected chi connectivity index (χ2v) is 17.9. The number of carbonyl (C=O) groups is 3. The zero-order valence-electron chi connectivity index (χ0n) is 38.8. The standard InChI is InChI=1S/C51H98O6/c1-5-7-9-11-12-13-14-15-18-23-26-29-32-36-40-44-51(54)57-48(45-55-49(52)42-38-33-10-8-6-2)46-56-50(53)43-39-35-31-28-25-22-20-17-16-19-21-24-27-30-34-37-41-47(3)4/h47-48H,5-46H2,1-4H3/t48-/m0/s1. The average molecular weight is 807 g/mol. The molecule has 0 aliphatic carbocycles. The van der Waals surface area contributed by atoms with Crippen LogP contribution in [0.15, 0.2) is 0 Å². The first-order chi connectivity index (χ1) is 27.9. The van der Waals surface area contributed by atoms with Crippen molar-refractivity contribution in [1.82, 2.24) is 0 Å². The normalized spacial score (nSPS) is 11.9. The van der Waals surface area contributed by atoms with Gasteiger partial charge < -0.3 is 14.2 Å². The van der Waals surface area contributed by atoms with Crippen LogP contribution in [-0.4, -0.2) is 37.2 Å². The molecular weight excluding hydrogens is 709 g/mol. The zero-order valence-corrected chi connectivity index (χ0v) is 38.8. The molecule has 0 radical (unpaired) electrons. The van der Waals surface area contributed by atoms with Gasteiger partial charge in [0.05, 0.1) is 0 Å². The summed E-state index contributed by atoms with van der Waals surface area (Å²) >= 11 is 0. The second-order valence-electron chi connectivity index (χ2n) is 17.9. The van der Waals surface area contributed by atoms with E-state index in [9.17, 15) is 14.4 Å². The van der Waals surface area contributed by atoms with Crippen LogP contribution in [0, 0.1) is 5.92 Å². The molecule has 0 heterocycles. The number of carbonyl (C=O) groups excluding carboxylic acids is 3. The van der Waals surface area contributed by atoms with E-state index in [2.05, 4.69) is 27.7 Å². The van der Waals surface area contributed by atoms with E-state index in [0.717, 1.165) is 70.1 Å². The smallest absolute Gasteiger partial charge is 0.306 e. The van der Waals surface area contributed by atoms with Gasteiger partial charge in [0.25, 0.3) is 0 Å². The van der Waals surface area contributed by atoms with Crippen LogP contribution < -0.4 is 0 Å². The van der Waals surface area contributed by atoms with Gasteiger partial charge in [-0.15, -0.1) is 0 Å². The van der Waals surface area contributed by atoms with Gasteiger partial charge in [0.15, 0.2) is 6.10 Å². The van der Waals surface area contributed by atoms with Crippen molar-refractivity contribution in [3.63, 3.8) is 0 Å². The topological polar surface area (TPSA) is 78.9 Å². The Hall–Kier alpha value is -1.59. The highest BCUT2D eigenvalue weighted by molar-refractivity contribution is 5.71. The monoisotopic (exact) mass is 807 g/mol. The van der Waals surface area contributed by atoms with E-state index in [1.165, 1.54) is 173 Å². The number of esters is 3. The Morgan fingerprint density at radius 3 is 0.860 bits per heavy atom. The predicted octanol–water partition coefficient (Wildman–Crippen LogP) is 16.3. The van der Waals surface area contributed by atoms with Crippen LogP contribution in [0.5, 0.6) is 0 Å². The number of hydrogen-bond donors (Lipinski definition) is 0. The van der Waals surface area contributed by atoms with Gasteiger partial charge in [-0.05, 0) is 25.2 Å². The van der Waals surface area contributed by atoms with Crippen LogP contribution in [0.1, 0.15) is 285 Å². The third-order valence-corrected chi connectivity index (χ3v) is 11.5. The van der Waals surface area contributed by atoms with E-state index in [0.29, 0.717) is 19.3 Å². The molecule has 0 aromatic rings. The molecule has 0 spiro atoms. The Kier molecular flexibility index (Phi) is 44.2. The van der Waals surface area contributed by atoms with Crippen molar-refractivity contribution >= 4 is 17.9 Å². The molecule has 6 nitrogen and oxygen atoms in total. The molecular formula is C51H98O6. The molecule has 0 bridgehead atoms. The highest BCUT2D eigenvalue weighted by atomic mass is 16.6. The van der Waals surface area contributed by atoms with Gasteiger partial charge in [-0.1, -0.05) is 246 Å². The minimum Gasteiger partial charge on any atom is -0.462 e. The van der Waals surface area contributed by atoms with E-state index >= 15 is 0 Å². The predicted molar refractivity (Wildman–Crippen MR) is 243 cm³/mol. The van der Waals surface area contributed by atoms with E-state index < -0.39 is 6.10 Å². The lowest BCUT2D eigenvalue weighted by Gasteiger charge is -2.18. The lowest BCUT2D eigenvalue weighted by molar-refractivity contribution is -0.167. The van der Waals surface area contributed by atoms with Crippen LogP contribution in [0.25, 0.3) is 0 Å². The van der Waals surface area contributed by atoms with Crippen molar-refractivity contribution in [2.45, 2.75) is 291 Å². The van der Waals surface area contributed by atoms with Gasteiger partial charge in [0.2, 0.25) is 0 Å². The minimum atomic E-state index is -0.758. The lowest BCUT2D eigenvalue weighted by Crippen LogP contribution is -2.30. The summed E-state index contributed by atoms with van der Waals surface area (Å²) < 4.78 is 16.7. The van der Waals surface area contributed by atoms with Gasteiger partial charge in [0, 0.05) is 19.3 Å². The van der Waals surface area contributed by atoms with Crippen LogP contribution in [0.2, 0.25) is 0 Å². The van der Waals surface area contributed by atoms with Crippen molar-refractivity contribution in [3.8, 4) is 0 Å². The van der Waals surface area contributed by atoms with Crippen molar-refractivity contribution in [2.24, 2.45) is 5.92 Å². The summed E-state index contributed by atoms with van der Waals surface area (Å²) in [4.78, 5) is 37.6. The first-order valence-electron chi connectivity index (χ1n) is 25.4. The molecule has 0 fully saturated rings. The second kappa shape index (κ2) is 45.5. The summed E-state index contributed by atoms with van der Waals surface area (Å²) in [5.41, 5.74) is 0. The van der Waals surface area contributed by atoms with Crippen molar-refractivity contribution in [1.29, 1.82) is 0 Å². The fraction of sp³-hybridized carbons (Fsp3) is 0.941. The summed E-state index contributed by atoms with van der Waals surface area (Å²) in [6.07, 6.45) is 46.9. The van der Waals surface area contributed by atoms with Crippen molar-refractivity contribution < 1.29 is 28.6 Å². The summed E-state index contributed by atoms with van der Waals surface area (Å²) in [5.74, 6) is -0.00716. The minimum absolute atomic E-state index is 0.0638. The molecule has 0 aliphatic rings. The maximum atomic E-state index is 12.7. The van der Waals surface area contributed by atoms with Crippen LogP contribution in [-0.2, 0) is 28.6 Å². The van der Waals surface area contributed by atoms with E-state index in [1.807, 2.05) is 0 Å². The highest BCUT2D eigenvalue weighted by Crippen LogP contribution is 2.17. The van der Waals surface area contributed by atoms with Crippen molar-refractivity contribution in [3.05, 3.63) is 0 Å². The number of ether oxygens (including phenoxy) is 3. The molecule has 6 heteroatoms. The van der Waals surface area contributed by atoms with Gasteiger partial charge in [0.1, 0.15) is 13.2 Å². The summed E-state index contributed by atoms with van der Waals surface area (Å²) in [7, 11) is 0. The van der Waals surface area contributed by atoms with Crippen LogP contribution >= 0.6 is 0 Å². The average Bonchev–Trinajstić information content (AvgIpc) is 3.19. The molecule has 0 saturated carbocycles. The van der Waals surface area contributed by atoms with Crippen LogP contribution in [0.4, 0.5) is 0 Å². The first-order valence-corrected chi connectivity index (χ1v) is 25.4. The van der Waals surface area contributed by atoms with Crippen molar-refractivity contribution in [2.75, 3.05) is 13.2 Å². The fourth-order valence-corrected chi connectivity index (χ4v) is 7.69. The molecule has 0 rings (SSSR count). The van der Waals surface area contributed by atoms with Crippen LogP contribution in [0.3, 0.4) is 0 Å². The fourth-order valence-electron chi connectivity index (χ4n) is 7.69. The Labute approximate surface area is 355 Å². The summed E-state index contributed by atoms with van der Waals surface area (Å²) in [6.45, 7) is 8.96. The molecule has 0 amide bonds. The van der Waals surface area contributed by atoms with E-state index in [4.69, 9.17) is 14.2 Å². The molecule has 57 heavy (non-hydrogen) atoms. The van der Waals surface area contributed by atoms with Gasteiger partial charge in [-0.3, -0.25) is 14.4 Å². The number of rotatable bonds is 46. The molecule has 0 N–H and O–H groups in total. The highest BCUT2D eigenvalue weighted by Gasteiger charge is 2.19.